The van der Waals surface area contributed by atoms with Gasteiger partial charge in [0.25, 0.3) is 10.2 Å². The Morgan fingerprint density at radius 1 is 1.33 bits per heavy atom. The minimum Gasteiger partial charge on any atom is -0.340 e. The molecule has 6 nitrogen and oxygen atoms in total. The number of nitrogens with zero attached hydrogens (tertiary/aromatic N) is 2. The third kappa shape index (κ3) is 3.29. The number of carbonyl (C=O) groups excluding carboxylic acids is 1. The molecule has 0 bridgehead atoms. The average molecular weight is 289 g/mol. The van der Waals surface area contributed by atoms with Crippen LogP contribution >= 0.6 is 11.3 Å². The number of thiophene rings is 1. The van der Waals surface area contributed by atoms with E-state index in [0.29, 0.717) is 19.5 Å². The quantitative estimate of drug-likeness (QED) is 0.824. The van der Waals surface area contributed by atoms with Crippen molar-refractivity contribution >= 4 is 27.5 Å². The van der Waals surface area contributed by atoms with Gasteiger partial charge in [-0.25, -0.2) is 5.14 Å². The van der Waals surface area contributed by atoms with Crippen molar-refractivity contribution in [2.24, 2.45) is 5.14 Å². The second-order valence-corrected chi connectivity index (χ2v) is 6.46. The van der Waals surface area contributed by atoms with Gasteiger partial charge in [-0.05, 0) is 22.4 Å². The van der Waals surface area contributed by atoms with Crippen LogP contribution in [0.4, 0.5) is 0 Å². The molecule has 0 aliphatic carbocycles. The smallest absolute Gasteiger partial charge is 0.277 e. The number of hydrogen-bond donors (Lipinski definition) is 1. The lowest BCUT2D eigenvalue weighted by molar-refractivity contribution is -0.131. The van der Waals surface area contributed by atoms with Crippen LogP contribution in [0, 0.1) is 0 Å². The molecule has 2 N–H and O–H groups in total. The van der Waals surface area contributed by atoms with E-state index in [1.165, 1.54) is 4.31 Å². The fraction of sp³-hybridized carbons (Fsp3) is 0.500. The van der Waals surface area contributed by atoms with Gasteiger partial charge in [0.2, 0.25) is 5.91 Å². The van der Waals surface area contributed by atoms with Crippen molar-refractivity contribution in [2.75, 3.05) is 26.2 Å². The Hall–Kier alpha value is -0.960. The molecule has 2 heterocycles. The number of nitrogens with two attached hydrogens (primary N) is 1. The predicted molar refractivity (Wildman–Crippen MR) is 69.3 cm³/mol. The fourth-order valence-electron chi connectivity index (χ4n) is 1.87. The summed E-state index contributed by atoms with van der Waals surface area (Å²) in [5, 5.41) is 8.91. The van der Waals surface area contributed by atoms with E-state index in [9.17, 15) is 13.2 Å². The maximum Gasteiger partial charge on any atom is 0.277 e. The van der Waals surface area contributed by atoms with E-state index < -0.39 is 10.2 Å². The van der Waals surface area contributed by atoms with Gasteiger partial charge in [0.15, 0.2) is 0 Å². The molecule has 0 unspecified atom stereocenters. The maximum atomic E-state index is 12.0. The molecule has 0 radical (unpaired) electrons. The fourth-order valence-corrected chi connectivity index (χ4v) is 3.21. The lowest BCUT2D eigenvalue weighted by Crippen LogP contribution is -2.52. The molecule has 1 amide bonds. The first-order valence-corrected chi connectivity index (χ1v) is 7.98. The molecule has 0 saturated carbocycles. The summed E-state index contributed by atoms with van der Waals surface area (Å²) in [7, 11) is -3.63. The monoisotopic (exact) mass is 289 g/mol. The summed E-state index contributed by atoms with van der Waals surface area (Å²) in [5.41, 5.74) is 0.999. The van der Waals surface area contributed by atoms with Gasteiger partial charge in [-0.15, -0.1) is 0 Å². The van der Waals surface area contributed by atoms with Gasteiger partial charge in [-0.3, -0.25) is 4.79 Å². The summed E-state index contributed by atoms with van der Waals surface area (Å²) in [5.74, 6) is 0.0301. The second kappa shape index (κ2) is 5.35. The topological polar surface area (TPSA) is 83.7 Å². The normalized spacial score (nSPS) is 17.9. The highest BCUT2D eigenvalue weighted by Gasteiger charge is 2.26. The summed E-state index contributed by atoms with van der Waals surface area (Å²) in [6.07, 6.45) is 0.374. The summed E-state index contributed by atoms with van der Waals surface area (Å²) in [6, 6.07) is 1.92. The Labute approximate surface area is 110 Å². The SMILES string of the molecule is NS(=O)(=O)N1CCN(C(=O)Cc2ccsc2)CC1. The van der Waals surface area contributed by atoms with E-state index in [0.717, 1.165) is 5.56 Å². The van der Waals surface area contributed by atoms with Crippen LogP contribution in [0.5, 0.6) is 0 Å². The van der Waals surface area contributed by atoms with Crippen LogP contribution in [0.25, 0.3) is 0 Å². The lowest BCUT2D eigenvalue weighted by atomic mass is 10.2. The molecular formula is C10H15N3O3S2. The molecule has 2 rings (SSSR count). The van der Waals surface area contributed by atoms with Crippen LogP contribution in [0.2, 0.25) is 0 Å². The standard InChI is InChI=1S/C10H15N3O3S2/c11-18(15,16)13-4-2-12(3-5-13)10(14)7-9-1-6-17-8-9/h1,6,8H,2-5,7H2,(H2,11,15,16). The second-order valence-electron chi connectivity index (χ2n) is 4.13. The molecule has 1 saturated heterocycles. The number of hydrogen-bond acceptors (Lipinski definition) is 4. The van der Waals surface area contributed by atoms with Crippen molar-refractivity contribution in [1.29, 1.82) is 0 Å². The minimum atomic E-state index is -3.63. The van der Waals surface area contributed by atoms with Gasteiger partial charge in [-0.1, -0.05) is 0 Å². The third-order valence-electron chi connectivity index (χ3n) is 2.89. The minimum absolute atomic E-state index is 0.0301. The Kier molecular flexibility index (Phi) is 4.00. The van der Waals surface area contributed by atoms with Gasteiger partial charge in [-0.2, -0.15) is 24.1 Å². The summed E-state index contributed by atoms with van der Waals surface area (Å²) in [4.78, 5) is 13.6. The molecule has 1 aliphatic rings. The molecule has 1 fully saturated rings. The van der Waals surface area contributed by atoms with E-state index in [4.69, 9.17) is 5.14 Å². The molecule has 1 aromatic heterocycles. The van der Waals surface area contributed by atoms with Crippen LogP contribution < -0.4 is 5.14 Å². The lowest BCUT2D eigenvalue weighted by Gasteiger charge is -2.32. The molecule has 8 heteroatoms. The molecule has 1 aromatic rings. The summed E-state index contributed by atoms with van der Waals surface area (Å²) in [6.45, 7) is 1.35. The molecule has 1 aliphatic heterocycles. The van der Waals surface area contributed by atoms with Crippen molar-refractivity contribution in [3.05, 3.63) is 22.4 Å². The molecule has 0 spiro atoms. The Morgan fingerprint density at radius 2 is 2.00 bits per heavy atom. The van der Waals surface area contributed by atoms with Gasteiger partial charge in [0.05, 0.1) is 6.42 Å². The molecule has 100 valence electrons. The Morgan fingerprint density at radius 3 is 2.50 bits per heavy atom. The van der Waals surface area contributed by atoms with Crippen molar-refractivity contribution in [3.63, 3.8) is 0 Å². The van der Waals surface area contributed by atoms with Crippen molar-refractivity contribution in [1.82, 2.24) is 9.21 Å². The van der Waals surface area contributed by atoms with Crippen LogP contribution in [0.15, 0.2) is 16.8 Å². The Bertz CT molecular complexity index is 504. The van der Waals surface area contributed by atoms with Crippen LogP contribution in [-0.2, 0) is 21.4 Å². The summed E-state index contributed by atoms with van der Waals surface area (Å²) >= 11 is 1.56. The first-order valence-electron chi connectivity index (χ1n) is 5.53. The third-order valence-corrected chi connectivity index (χ3v) is 4.70. The van der Waals surface area contributed by atoms with Gasteiger partial charge < -0.3 is 4.90 Å². The molecule has 0 atom stereocenters. The first kappa shape index (κ1) is 13.5. The number of carbonyl (C=O) groups is 1. The van der Waals surface area contributed by atoms with E-state index in [2.05, 4.69) is 0 Å². The van der Waals surface area contributed by atoms with Crippen molar-refractivity contribution in [3.8, 4) is 0 Å². The van der Waals surface area contributed by atoms with E-state index in [-0.39, 0.29) is 19.0 Å². The van der Waals surface area contributed by atoms with Crippen LogP contribution in [0.3, 0.4) is 0 Å². The molecular weight excluding hydrogens is 274 g/mol. The van der Waals surface area contributed by atoms with E-state index in [1.807, 2.05) is 16.8 Å². The zero-order chi connectivity index (χ0) is 13.2. The number of piperazine rings is 1. The summed E-state index contributed by atoms with van der Waals surface area (Å²) < 4.78 is 23.4. The van der Waals surface area contributed by atoms with Crippen molar-refractivity contribution < 1.29 is 13.2 Å². The van der Waals surface area contributed by atoms with Gasteiger partial charge in [0.1, 0.15) is 0 Å². The molecule has 0 aromatic carbocycles. The maximum absolute atomic E-state index is 12.0. The predicted octanol–water partition coefficient (Wildman–Crippen LogP) is -0.362. The van der Waals surface area contributed by atoms with Crippen molar-refractivity contribution in [2.45, 2.75) is 6.42 Å². The largest absolute Gasteiger partial charge is 0.340 e. The highest BCUT2D eigenvalue weighted by Crippen LogP contribution is 2.10. The van der Waals surface area contributed by atoms with Gasteiger partial charge in [0, 0.05) is 26.2 Å². The average Bonchev–Trinajstić information content (AvgIpc) is 2.81. The highest BCUT2D eigenvalue weighted by molar-refractivity contribution is 7.86. The number of amides is 1. The van der Waals surface area contributed by atoms with Gasteiger partial charge >= 0.3 is 0 Å². The zero-order valence-corrected chi connectivity index (χ0v) is 11.4. The molecule has 18 heavy (non-hydrogen) atoms. The Balaban J connectivity index is 1.88. The van der Waals surface area contributed by atoms with E-state index >= 15 is 0 Å². The van der Waals surface area contributed by atoms with E-state index in [1.54, 1.807) is 16.2 Å². The first-order chi connectivity index (χ1) is 8.47. The highest BCUT2D eigenvalue weighted by atomic mass is 32.2. The van der Waals surface area contributed by atoms with Crippen LogP contribution in [-0.4, -0.2) is 49.7 Å². The van der Waals surface area contributed by atoms with Crippen LogP contribution in [0.1, 0.15) is 5.56 Å². The zero-order valence-electron chi connectivity index (χ0n) is 9.78. The number of rotatable bonds is 3.